The summed E-state index contributed by atoms with van der Waals surface area (Å²) in [5.74, 6) is -1.14. The fourth-order valence-electron chi connectivity index (χ4n) is 6.60. The Morgan fingerprint density at radius 1 is 0.776 bits per heavy atom. The van der Waals surface area contributed by atoms with Crippen LogP contribution in [0.3, 0.4) is 0 Å². The van der Waals surface area contributed by atoms with Gasteiger partial charge in [0.2, 0.25) is 5.91 Å². The van der Waals surface area contributed by atoms with Crippen molar-refractivity contribution >= 4 is 22.6 Å². The fraction of sp³-hybridized carbons (Fsp3) is 0.300. The molecule has 0 spiro atoms. The minimum atomic E-state index is -0.540. The van der Waals surface area contributed by atoms with E-state index in [0.717, 1.165) is 67.4 Å². The molecule has 1 aliphatic rings. The van der Waals surface area contributed by atoms with Gasteiger partial charge in [-0.1, -0.05) is 97.8 Å². The largest absolute Gasteiger partial charge is 0.355 e. The van der Waals surface area contributed by atoms with Crippen molar-refractivity contribution in [1.82, 2.24) is 25.3 Å². The summed E-state index contributed by atoms with van der Waals surface area (Å²) >= 11 is 0. The summed E-state index contributed by atoms with van der Waals surface area (Å²) in [6.45, 7) is 4.18. The molecule has 5 aromatic rings. The molecule has 8 nitrogen and oxygen atoms in total. The van der Waals surface area contributed by atoms with Gasteiger partial charge in [0.1, 0.15) is 5.82 Å². The molecule has 0 atom stereocenters. The topological polar surface area (TPSA) is 98.4 Å². The molecule has 9 heteroatoms. The first-order valence-corrected chi connectivity index (χ1v) is 17.1. The molecular formula is C40H42FN5O3. The molecule has 0 bridgehead atoms. The smallest absolute Gasteiger partial charge is 0.272 e. The first-order valence-electron chi connectivity index (χ1n) is 17.1. The second kappa shape index (κ2) is 16.3. The van der Waals surface area contributed by atoms with Gasteiger partial charge in [-0.25, -0.2) is 9.49 Å². The highest BCUT2D eigenvalue weighted by Gasteiger charge is 2.25. The number of H-pyrrole nitrogens is 1. The van der Waals surface area contributed by atoms with E-state index in [1.54, 1.807) is 29.2 Å². The van der Waals surface area contributed by atoms with Gasteiger partial charge < -0.3 is 10.2 Å². The second-order valence-corrected chi connectivity index (χ2v) is 12.6. The molecule has 1 aromatic heterocycles. The van der Waals surface area contributed by atoms with Crippen LogP contribution in [0.15, 0.2) is 108 Å². The van der Waals surface area contributed by atoms with Crippen LogP contribution in [-0.2, 0) is 11.2 Å². The molecule has 1 saturated heterocycles. The summed E-state index contributed by atoms with van der Waals surface area (Å²) in [5, 5.41) is 11.2. The first kappa shape index (κ1) is 33.7. The SMILES string of the molecule is O=C(NCCCCCCN1CCN(C(=O)c2cc(Cc3n[nH]c(=O)c4ccccc34)ccc2F)CC1)C(c1ccccc1)c1ccccc1. The zero-order valence-electron chi connectivity index (χ0n) is 27.6. The van der Waals surface area contributed by atoms with Crippen molar-refractivity contribution < 1.29 is 14.0 Å². The molecule has 2 amide bonds. The Morgan fingerprint density at radius 2 is 1.41 bits per heavy atom. The van der Waals surface area contributed by atoms with Crippen LogP contribution in [0.4, 0.5) is 4.39 Å². The van der Waals surface area contributed by atoms with E-state index in [9.17, 15) is 18.8 Å². The van der Waals surface area contributed by atoms with Crippen molar-refractivity contribution in [3.8, 4) is 0 Å². The number of aromatic amines is 1. The summed E-state index contributed by atoms with van der Waals surface area (Å²) in [6, 6.07) is 31.6. The van der Waals surface area contributed by atoms with Crippen molar-refractivity contribution in [2.24, 2.45) is 0 Å². The van der Waals surface area contributed by atoms with E-state index in [4.69, 9.17) is 0 Å². The Labute approximate surface area is 286 Å². The molecular weight excluding hydrogens is 617 g/mol. The number of nitrogens with one attached hydrogen (secondary N) is 2. The number of rotatable bonds is 13. The lowest BCUT2D eigenvalue weighted by Crippen LogP contribution is -2.49. The van der Waals surface area contributed by atoms with Crippen LogP contribution in [0.1, 0.15) is 64.3 Å². The molecule has 4 aromatic carbocycles. The van der Waals surface area contributed by atoms with Crippen molar-refractivity contribution in [2.45, 2.75) is 38.0 Å². The predicted molar refractivity (Wildman–Crippen MR) is 190 cm³/mol. The van der Waals surface area contributed by atoms with E-state index >= 15 is 0 Å². The van der Waals surface area contributed by atoms with E-state index in [2.05, 4.69) is 20.4 Å². The lowest BCUT2D eigenvalue weighted by molar-refractivity contribution is -0.121. The molecule has 252 valence electrons. The number of aromatic nitrogens is 2. The third-order valence-corrected chi connectivity index (χ3v) is 9.30. The number of carbonyl (C=O) groups excluding carboxylic acids is 2. The zero-order valence-corrected chi connectivity index (χ0v) is 27.6. The Kier molecular flexibility index (Phi) is 11.2. The number of carbonyl (C=O) groups is 2. The van der Waals surface area contributed by atoms with Gasteiger partial charge >= 0.3 is 0 Å². The van der Waals surface area contributed by atoms with Gasteiger partial charge in [-0.2, -0.15) is 5.10 Å². The zero-order chi connectivity index (χ0) is 34.0. The highest BCUT2D eigenvalue weighted by atomic mass is 19.1. The Hall–Kier alpha value is -5.15. The number of unbranched alkanes of at least 4 members (excludes halogenated alkanes) is 3. The third kappa shape index (κ3) is 8.48. The number of benzene rings is 4. The first-order chi connectivity index (χ1) is 24.0. The quantitative estimate of drug-likeness (QED) is 0.153. The lowest BCUT2D eigenvalue weighted by Gasteiger charge is -2.35. The minimum absolute atomic E-state index is 0.0239. The number of halogens is 1. The van der Waals surface area contributed by atoms with Gasteiger partial charge in [0.05, 0.1) is 22.6 Å². The van der Waals surface area contributed by atoms with Crippen LogP contribution < -0.4 is 10.9 Å². The highest BCUT2D eigenvalue weighted by molar-refractivity contribution is 5.95. The number of piperazine rings is 1. The summed E-state index contributed by atoms with van der Waals surface area (Å²) < 4.78 is 14.9. The van der Waals surface area contributed by atoms with Gasteiger partial charge in [-0.15, -0.1) is 0 Å². The maximum Gasteiger partial charge on any atom is 0.272 e. The minimum Gasteiger partial charge on any atom is -0.355 e. The predicted octanol–water partition coefficient (Wildman–Crippen LogP) is 5.92. The molecule has 6 rings (SSSR count). The maximum absolute atomic E-state index is 14.9. The van der Waals surface area contributed by atoms with E-state index in [1.165, 1.54) is 6.07 Å². The van der Waals surface area contributed by atoms with Crippen molar-refractivity contribution in [2.75, 3.05) is 39.3 Å². The monoisotopic (exact) mass is 659 g/mol. The molecule has 1 aliphatic heterocycles. The number of hydrogen-bond donors (Lipinski definition) is 2. The van der Waals surface area contributed by atoms with Crippen molar-refractivity contribution in [3.05, 3.63) is 147 Å². The van der Waals surface area contributed by atoms with Crippen LogP contribution in [0, 0.1) is 5.82 Å². The standard InChI is InChI=1S/C40H42FN5O3/c41-35-20-19-29(28-36-32-17-9-10-18-33(32)38(47)44-43-36)27-34(35)40(49)46-25-23-45(24-26-46)22-12-2-1-11-21-42-39(48)37(30-13-5-3-6-14-30)31-15-7-4-8-16-31/h3-10,13-20,27,37H,1-2,11-12,21-26,28H2,(H,42,48)(H,44,47). The normalized spacial score (nSPS) is 13.6. The molecule has 2 N–H and O–H groups in total. The average Bonchev–Trinajstić information content (AvgIpc) is 3.14. The summed E-state index contributed by atoms with van der Waals surface area (Å²) in [4.78, 5) is 42.8. The molecule has 49 heavy (non-hydrogen) atoms. The number of nitrogens with zero attached hydrogens (tertiary/aromatic N) is 3. The number of hydrogen-bond acceptors (Lipinski definition) is 5. The Bertz CT molecular complexity index is 1880. The van der Waals surface area contributed by atoms with Gasteiger partial charge in [-0.05, 0) is 54.3 Å². The van der Waals surface area contributed by atoms with Crippen LogP contribution in [0.2, 0.25) is 0 Å². The van der Waals surface area contributed by atoms with E-state index in [0.29, 0.717) is 37.1 Å². The Morgan fingerprint density at radius 3 is 2.10 bits per heavy atom. The molecule has 0 radical (unpaired) electrons. The molecule has 0 aliphatic carbocycles. The van der Waals surface area contributed by atoms with Crippen molar-refractivity contribution in [1.29, 1.82) is 0 Å². The van der Waals surface area contributed by atoms with Crippen molar-refractivity contribution in [3.63, 3.8) is 0 Å². The fourth-order valence-corrected chi connectivity index (χ4v) is 6.60. The summed E-state index contributed by atoms with van der Waals surface area (Å²) in [5.41, 5.74) is 3.19. The van der Waals surface area contributed by atoms with E-state index in [-0.39, 0.29) is 28.9 Å². The Balaban J connectivity index is 0.922. The second-order valence-electron chi connectivity index (χ2n) is 12.6. The van der Waals surface area contributed by atoms with E-state index < -0.39 is 5.82 Å². The summed E-state index contributed by atoms with van der Waals surface area (Å²) in [6.07, 6.45) is 4.42. The summed E-state index contributed by atoms with van der Waals surface area (Å²) in [7, 11) is 0. The van der Waals surface area contributed by atoms with Crippen LogP contribution in [0.5, 0.6) is 0 Å². The van der Waals surface area contributed by atoms with Gasteiger partial charge in [0.15, 0.2) is 0 Å². The lowest BCUT2D eigenvalue weighted by atomic mass is 9.90. The van der Waals surface area contributed by atoms with Crippen LogP contribution in [-0.4, -0.2) is 71.1 Å². The maximum atomic E-state index is 14.9. The van der Waals surface area contributed by atoms with Gasteiger partial charge in [0, 0.05) is 44.5 Å². The average molecular weight is 660 g/mol. The van der Waals surface area contributed by atoms with Gasteiger partial charge in [-0.3, -0.25) is 19.3 Å². The van der Waals surface area contributed by atoms with E-state index in [1.807, 2.05) is 72.8 Å². The van der Waals surface area contributed by atoms with Crippen LogP contribution >= 0.6 is 0 Å². The molecule has 0 saturated carbocycles. The number of fused-ring (bicyclic) bond motifs is 1. The highest BCUT2D eigenvalue weighted by Crippen LogP contribution is 2.25. The van der Waals surface area contributed by atoms with Crippen LogP contribution in [0.25, 0.3) is 10.8 Å². The molecule has 2 heterocycles. The number of amides is 2. The molecule has 0 unspecified atom stereocenters. The molecule has 1 fully saturated rings. The third-order valence-electron chi connectivity index (χ3n) is 9.30. The van der Waals surface area contributed by atoms with Gasteiger partial charge in [0.25, 0.3) is 11.5 Å².